The average molecular weight is 689 g/mol. The summed E-state index contributed by atoms with van der Waals surface area (Å²) in [6, 6.07) is 2.55. The van der Waals surface area contributed by atoms with Crippen LogP contribution in [0.15, 0.2) is 24.3 Å². The number of carboxylic acid groups (broad SMARTS) is 1. The third-order valence-electron chi connectivity index (χ3n) is 8.96. The molecule has 0 aliphatic rings. The summed E-state index contributed by atoms with van der Waals surface area (Å²) in [5, 5.41) is 24.4. The summed E-state index contributed by atoms with van der Waals surface area (Å²) < 4.78 is 0. The van der Waals surface area contributed by atoms with Gasteiger partial charge in [-0.15, -0.1) is 0 Å². The van der Waals surface area contributed by atoms with E-state index in [1.807, 2.05) is 0 Å². The number of carbonyl (C=O) groups is 5. The van der Waals surface area contributed by atoms with Crippen LogP contribution in [0.3, 0.4) is 0 Å². The molecule has 0 bridgehead atoms. The second kappa shape index (κ2) is 25.5. The highest BCUT2D eigenvalue weighted by atomic mass is 16.4. The highest BCUT2D eigenvalue weighted by Gasteiger charge is 2.32. The Morgan fingerprint density at radius 3 is 1.78 bits per heavy atom. The highest BCUT2D eigenvalue weighted by Crippen LogP contribution is 2.17. The summed E-state index contributed by atoms with van der Waals surface area (Å²) in [4.78, 5) is 64.4. The number of nitrogens with two attached hydrogens (primary N) is 1. The fourth-order valence-corrected chi connectivity index (χ4v) is 5.97. The molecule has 0 fully saturated rings. The van der Waals surface area contributed by atoms with E-state index in [0.29, 0.717) is 12.7 Å². The second-order valence-electron chi connectivity index (χ2n) is 13.7. The summed E-state index contributed by atoms with van der Waals surface area (Å²) in [6.45, 7) is 7.55. The number of nitrogens with one attached hydrogen (secondary N) is 2. The van der Waals surface area contributed by atoms with Gasteiger partial charge in [0.1, 0.15) is 24.1 Å². The number of phenolic OH excluding ortho intramolecular Hbond substituents is 1. The number of aliphatic carboxylic acids is 1. The van der Waals surface area contributed by atoms with Crippen molar-refractivity contribution >= 4 is 30.0 Å². The Bertz CT molecular complexity index is 1110. The van der Waals surface area contributed by atoms with E-state index >= 15 is 0 Å². The summed E-state index contributed by atoms with van der Waals surface area (Å²) in [7, 11) is 0. The molecule has 0 saturated heterocycles. The molecule has 0 radical (unpaired) electrons. The number of rotatable bonds is 28. The van der Waals surface area contributed by atoms with Gasteiger partial charge in [-0.3, -0.25) is 19.2 Å². The highest BCUT2D eigenvalue weighted by molar-refractivity contribution is 5.93. The van der Waals surface area contributed by atoms with Gasteiger partial charge in [0.15, 0.2) is 0 Å². The van der Waals surface area contributed by atoms with E-state index in [1.165, 1.54) is 88.2 Å². The lowest BCUT2D eigenvalue weighted by Gasteiger charge is -2.33. The van der Waals surface area contributed by atoms with E-state index in [9.17, 15) is 34.2 Å². The molecule has 0 saturated carbocycles. The van der Waals surface area contributed by atoms with E-state index < -0.39 is 47.9 Å². The van der Waals surface area contributed by atoms with Crippen molar-refractivity contribution < 1.29 is 34.2 Å². The van der Waals surface area contributed by atoms with E-state index in [0.717, 1.165) is 24.8 Å². The number of hydrogen-bond acceptors (Lipinski definition) is 7. The normalized spacial score (nSPS) is 13.7. The van der Waals surface area contributed by atoms with Crippen molar-refractivity contribution in [3.8, 4) is 5.75 Å². The number of hydrogen-bond donors (Lipinski definition) is 5. The SMILES string of the molecule is CCCCCCCCCCCCCCCCN(C(=O)[C@H](C)NC(=O)[C@@H](NC(=O)[C@@H](N)Cc1ccc(O)cc1)C(C)C)[C@H](CC=O)CC(=O)O. The number of nitrogens with zero attached hydrogens (tertiary/aromatic N) is 1. The summed E-state index contributed by atoms with van der Waals surface area (Å²) in [5.74, 6) is -2.92. The predicted octanol–water partition coefficient (Wildman–Crippen LogP) is 5.65. The first-order valence-electron chi connectivity index (χ1n) is 18.5. The largest absolute Gasteiger partial charge is 0.508 e. The van der Waals surface area contributed by atoms with E-state index in [-0.39, 0.29) is 37.5 Å². The minimum Gasteiger partial charge on any atom is -0.508 e. The molecule has 0 unspecified atom stereocenters. The first-order chi connectivity index (χ1) is 23.4. The van der Waals surface area contributed by atoms with Crippen LogP contribution in [0.5, 0.6) is 5.75 Å². The Morgan fingerprint density at radius 2 is 1.31 bits per heavy atom. The number of aldehydes is 1. The molecule has 49 heavy (non-hydrogen) atoms. The lowest BCUT2D eigenvalue weighted by molar-refractivity contribution is -0.143. The van der Waals surface area contributed by atoms with Gasteiger partial charge in [0, 0.05) is 19.0 Å². The fourth-order valence-electron chi connectivity index (χ4n) is 5.97. The Hall–Kier alpha value is -3.47. The monoisotopic (exact) mass is 688 g/mol. The minimum atomic E-state index is -1.12. The van der Waals surface area contributed by atoms with Crippen LogP contribution in [-0.2, 0) is 30.4 Å². The van der Waals surface area contributed by atoms with Crippen LogP contribution in [0.1, 0.15) is 136 Å². The number of carbonyl (C=O) groups excluding carboxylic acids is 4. The van der Waals surface area contributed by atoms with Gasteiger partial charge in [-0.05, 0) is 43.4 Å². The number of benzene rings is 1. The quantitative estimate of drug-likeness (QED) is 0.0554. The van der Waals surface area contributed by atoms with Crippen LogP contribution < -0.4 is 16.4 Å². The fraction of sp³-hybridized carbons (Fsp3) is 0.711. The van der Waals surface area contributed by atoms with Crippen molar-refractivity contribution in [2.75, 3.05) is 6.54 Å². The van der Waals surface area contributed by atoms with Crippen molar-refractivity contribution in [2.45, 2.75) is 161 Å². The van der Waals surface area contributed by atoms with Crippen LogP contribution in [0.2, 0.25) is 0 Å². The molecule has 4 atom stereocenters. The topological polar surface area (TPSA) is 179 Å². The van der Waals surface area contributed by atoms with Crippen molar-refractivity contribution in [1.82, 2.24) is 15.5 Å². The first-order valence-corrected chi connectivity index (χ1v) is 18.5. The van der Waals surface area contributed by atoms with E-state index in [2.05, 4.69) is 17.6 Å². The predicted molar refractivity (Wildman–Crippen MR) is 193 cm³/mol. The molecular formula is C38H64N4O7. The molecule has 3 amide bonds. The zero-order chi connectivity index (χ0) is 36.6. The molecule has 6 N–H and O–H groups in total. The van der Waals surface area contributed by atoms with Crippen molar-refractivity contribution in [3.63, 3.8) is 0 Å². The smallest absolute Gasteiger partial charge is 0.305 e. The first kappa shape index (κ1) is 43.6. The molecule has 0 aliphatic carbocycles. The number of carboxylic acids is 1. The molecule has 278 valence electrons. The Morgan fingerprint density at radius 1 is 0.796 bits per heavy atom. The molecule has 1 rings (SSSR count). The maximum atomic E-state index is 13.7. The third kappa shape index (κ3) is 18.8. The molecule has 0 heterocycles. The van der Waals surface area contributed by atoms with Crippen molar-refractivity contribution in [3.05, 3.63) is 29.8 Å². The van der Waals surface area contributed by atoms with E-state index in [1.54, 1.807) is 26.0 Å². The lowest BCUT2D eigenvalue weighted by Crippen LogP contribution is -2.58. The van der Waals surface area contributed by atoms with E-state index in [4.69, 9.17) is 5.73 Å². The van der Waals surface area contributed by atoms with Gasteiger partial charge in [0.05, 0.1) is 12.5 Å². The molecule has 0 aromatic heterocycles. The number of phenols is 1. The molecule has 11 nitrogen and oxygen atoms in total. The average Bonchev–Trinajstić information content (AvgIpc) is 3.05. The summed E-state index contributed by atoms with van der Waals surface area (Å²) in [6.07, 6.45) is 16.8. The van der Waals surface area contributed by atoms with Crippen molar-refractivity contribution in [1.29, 1.82) is 0 Å². The molecular weight excluding hydrogens is 624 g/mol. The standard InChI is InChI=1S/C38H64N4O7/c1-5-6-7-8-9-10-11-12-13-14-15-16-17-18-24-42(31(23-25-43)27-34(45)46)38(49)29(4)40-37(48)35(28(2)3)41-36(47)33(39)26-30-19-21-32(44)22-20-30/h19-22,25,28-29,31,33,35,44H,5-18,23-24,26-27,39H2,1-4H3,(H,40,48)(H,41,47)(H,45,46)/t29-,31+,33-,35-/m0/s1. The van der Waals surface area contributed by atoms with Crippen molar-refractivity contribution in [2.24, 2.45) is 11.7 Å². The summed E-state index contributed by atoms with van der Waals surface area (Å²) in [5.41, 5.74) is 6.86. The van der Waals surface area contributed by atoms with Gasteiger partial charge < -0.3 is 36.3 Å². The molecule has 0 aliphatic heterocycles. The van der Waals surface area contributed by atoms with Gasteiger partial charge in [-0.1, -0.05) is 116 Å². The van der Waals surface area contributed by atoms with Gasteiger partial charge in [-0.2, -0.15) is 0 Å². The van der Waals surface area contributed by atoms with Crippen LogP contribution >= 0.6 is 0 Å². The Labute approximate surface area is 294 Å². The Kier molecular flexibility index (Phi) is 22.7. The molecule has 0 spiro atoms. The Balaban J connectivity index is 2.70. The maximum Gasteiger partial charge on any atom is 0.305 e. The van der Waals surface area contributed by atoms with Crippen LogP contribution in [0.25, 0.3) is 0 Å². The van der Waals surface area contributed by atoms with Crippen LogP contribution in [0, 0.1) is 5.92 Å². The minimum absolute atomic E-state index is 0.0978. The number of unbranched alkanes of at least 4 members (excludes halogenated alkanes) is 13. The lowest BCUT2D eigenvalue weighted by atomic mass is 10.0. The second-order valence-corrected chi connectivity index (χ2v) is 13.7. The van der Waals surface area contributed by atoms with Gasteiger partial charge in [0.2, 0.25) is 17.7 Å². The third-order valence-corrected chi connectivity index (χ3v) is 8.96. The molecule has 1 aromatic carbocycles. The molecule has 1 aromatic rings. The number of aromatic hydroxyl groups is 1. The summed E-state index contributed by atoms with van der Waals surface area (Å²) >= 11 is 0. The van der Waals surface area contributed by atoms with Gasteiger partial charge in [0.25, 0.3) is 0 Å². The maximum absolute atomic E-state index is 13.7. The van der Waals surface area contributed by atoms with Crippen LogP contribution in [0.4, 0.5) is 0 Å². The molecule has 11 heteroatoms. The zero-order valence-corrected chi connectivity index (χ0v) is 30.5. The number of amides is 3. The van der Waals surface area contributed by atoms with Gasteiger partial charge >= 0.3 is 5.97 Å². The van der Waals surface area contributed by atoms with Crippen LogP contribution in [-0.4, -0.2) is 75.8 Å². The zero-order valence-electron chi connectivity index (χ0n) is 30.5. The van der Waals surface area contributed by atoms with Gasteiger partial charge in [-0.25, -0.2) is 0 Å².